The van der Waals surface area contributed by atoms with Crippen LogP contribution in [-0.4, -0.2) is 23.8 Å². The van der Waals surface area contributed by atoms with Crippen molar-refractivity contribution >= 4 is 45.6 Å². The number of hydrogen-bond donors (Lipinski definition) is 0. The number of halogens is 1. The summed E-state index contributed by atoms with van der Waals surface area (Å²) < 4.78 is 13.2. The van der Waals surface area contributed by atoms with Crippen LogP contribution < -0.4 is 15.0 Å². The van der Waals surface area contributed by atoms with Crippen LogP contribution in [0, 0.1) is 3.57 Å². The first-order valence-corrected chi connectivity index (χ1v) is 10.4. The molecule has 1 aromatic heterocycles. The molecule has 1 heterocycles. The number of nitrogens with zero attached hydrogens (tertiary/aromatic N) is 2. The van der Waals surface area contributed by atoms with Gasteiger partial charge in [0.25, 0.3) is 5.56 Å². The number of aromatic nitrogens is 2. The summed E-state index contributed by atoms with van der Waals surface area (Å²) in [7, 11) is 3.24. The highest BCUT2D eigenvalue weighted by Gasteiger charge is 2.12. The summed E-state index contributed by atoms with van der Waals surface area (Å²) in [6.45, 7) is 0. The monoisotopic (exact) mass is 510 g/mol. The quantitative estimate of drug-likeness (QED) is 0.348. The highest BCUT2D eigenvalue weighted by atomic mass is 127. The number of benzene rings is 3. The van der Waals surface area contributed by atoms with E-state index in [1.165, 1.54) is 0 Å². The Labute approximate surface area is 187 Å². The molecule has 0 saturated carbocycles. The third kappa shape index (κ3) is 4.09. The molecule has 0 unspecified atom stereocenters. The molecule has 0 atom stereocenters. The molecule has 0 saturated heterocycles. The van der Waals surface area contributed by atoms with Gasteiger partial charge in [-0.1, -0.05) is 24.3 Å². The number of rotatable bonds is 5. The van der Waals surface area contributed by atoms with Gasteiger partial charge in [0.1, 0.15) is 17.3 Å². The van der Waals surface area contributed by atoms with Gasteiger partial charge in [-0.25, -0.2) is 4.98 Å². The lowest BCUT2D eigenvalue weighted by atomic mass is 10.2. The van der Waals surface area contributed by atoms with E-state index < -0.39 is 0 Å². The van der Waals surface area contributed by atoms with Gasteiger partial charge in [-0.3, -0.25) is 9.36 Å². The third-order valence-corrected chi connectivity index (χ3v) is 5.38. The van der Waals surface area contributed by atoms with Gasteiger partial charge in [0.15, 0.2) is 0 Å². The number of hydrogen-bond acceptors (Lipinski definition) is 4. The van der Waals surface area contributed by atoms with Crippen molar-refractivity contribution in [3.8, 4) is 17.2 Å². The van der Waals surface area contributed by atoms with Gasteiger partial charge < -0.3 is 9.47 Å². The third-order valence-electron chi connectivity index (χ3n) is 4.71. The van der Waals surface area contributed by atoms with Crippen LogP contribution in [0.15, 0.2) is 71.5 Å². The maximum atomic E-state index is 13.4. The van der Waals surface area contributed by atoms with Gasteiger partial charge in [0, 0.05) is 9.64 Å². The largest absolute Gasteiger partial charge is 0.497 e. The second-order valence-corrected chi connectivity index (χ2v) is 7.83. The SMILES string of the molecule is COc1ccc(/C=C/c2nc3ccc(I)cc3c(=O)n2-c2cccc(OC)c2)cc1. The van der Waals surface area contributed by atoms with Crippen molar-refractivity contribution in [2.24, 2.45) is 0 Å². The molecule has 0 aliphatic heterocycles. The van der Waals surface area contributed by atoms with Crippen molar-refractivity contribution in [3.63, 3.8) is 0 Å². The van der Waals surface area contributed by atoms with E-state index in [1.807, 2.05) is 78.9 Å². The zero-order valence-electron chi connectivity index (χ0n) is 16.5. The van der Waals surface area contributed by atoms with Gasteiger partial charge in [-0.2, -0.15) is 0 Å². The number of methoxy groups -OCH3 is 2. The summed E-state index contributed by atoms with van der Waals surface area (Å²) in [6.07, 6.45) is 3.77. The number of fused-ring (bicyclic) bond motifs is 1. The van der Waals surface area contributed by atoms with Crippen LogP contribution in [-0.2, 0) is 0 Å². The van der Waals surface area contributed by atoms with Crippen LogP contribution in [0.5, 0.6) is 11.5 Å². The van der Waals surface area contributed by atoms with Crippen LogP contribution in [0.2, 0.25) is 0 Å². The first-order valence-electron chi connectivity index (χ1n) is 9.28. The van der Waals surface area contributed by atoms with Gasteiger partial charge in [-0.15, -0.1) is 0 Å². The molecule has 5 nitrogen and oxygen atoms in total. The highest BCUT2D eigenvalue weighted by molar-refractivity contribution is 14.1. The molecular formula is C24H19IN2O3. The van der Waals surface area contributed by atoms with E-state index in [0.29, 0.717) is 28.2 Å². The second kappa shape index (κ2) is 8.71. The molecule has 0 bridgehead atoms. The van der Waals surface area contributed by atoms with Crippen LogP contribution in [0.4, 0.5) is 0 Å². The van der Waals surface area contributed by atoms with E-state index in [0.717, 1.165) is 14.9 Å². The summed E-state index contributed by atoms with van der Waals surface area (Å²) in [6, 6.07) is 20.8. The van der Waals surface area contributed by atoms with Crippen molar-refractivity contribution in [2.45, 2.75) is 0 Å². The Morgan fingerprint density at radius 3 is 2.40 bits per heavy atom. The maximum absolute atomic E-state index is 13.4. The Kier molecular flexibility index (Phi) is 5.85. The zero-order valence-corrected chi connectivity index (χ0v) is 18.7. The average molecular weight is 510 g/mol. The molecule has 3 aromatic carbocycles. The predicted octanol–water partition coefficient (Wildman–Crippen LogP) is 5.18. The Balaban J connectivity index is 1.91. The van der Waals surface area contributed by atoms with E-state index in [9.17, 15) is 4.79 Å². The topological polar surface area (TPSA) is 53.3 Å². The molecule has 0 N–H and O–H groups in total. The zero-order chi connectivity index (χ0) is 21.1. The lowest BCUT2D eigenvalue weighted by Crippen LogP contribution is -2.22. The van der Waals surface area contributed by atoms with Crippen molar-refractivity contribution < 1.29 is 9.47 Å². The van der Waals surface area contributed by atoms with Gasteiger partial charge in [-0.05, 0) is 76.7 Å². The summed E-state index contributed by atoms with van der Waals surface area (Å²) in [5, 5.41) is 0.575. The fourth-order valence-electron chi connectivity index (χ4n) is 3.17. The average Bonchev–Trinajstić information content (AvgIpc) is 2.78. The molecule has 0 aliphatic rings. The molecule has 150 valence electrons. The Hall–Kier alpha value is -3.13. The first-order chi connectivity index (χ1) is 14.6. The van der Waals surface area contributed by atoms with Gasteiger partial charge in [0.2, 0.25) is 0 Å². The van der Waals surface area contributed by atoms with Crippen molar-refractivity contribution in [1.82, 2.24) is 9.55 Å². The predicted molar refractivity (Wildman–Crippen MR) is 129 cm³/mol. The molecule has 0 radical (unpaired) electrons. The van der Waals surface area contributed by atoms with E-state index in [1.54, 1.807) is 18.8 Å². The molecule has 4 aromatic rings. The molecule has 6 heteroatoms. The molecule has 4 rings (SSSR count). The fourth-order valence-corrected chi connectivity index (χ4v) is 3.66. The molecule has 0 aliphatic carbocycles. The molecule has 30 heavy (non-hydrogen) atoms. The minimum atomic E-state index is -0.124. The Bertz CT molecular complexity index is 1290. The molecule has 0 spiro atoms. The van der Waals surface area contributed by atoms with E-state index in [-0.39, 0.29) is 5.56 Å². The smallest absolute Gasteiger partial charge is 0.266 e. The van der Waals surface area contributed by atoms with Crippen LogP contribution in [0.25, 0.3) is 28.7 Å². The summed E-state index contributed by atoms with van der Waals surface area (Å²) in [5.74, 6) is 2.00. The first kappa shape index (κ1) is 20.2. The van der Waals surface area contributed by atoms with E-state index in [4.69, 9.17) is 14.5 Å². The van der Waals surface area contributed by atoms with Crippen molar-refractivity contribution in [3.05, 3.63) is 92.0 Å². The summed E-state index contributed by atoms with van der Waals surface area (Å²) in [4.78, 5) is 18.2. The molecule has 0 fully saturated rings. The molecular weight excluding hydrogens is 491 g/mol. The Morgan fingerprint density at radius 2 is 1.67 bits per heavy atom. The van der Waals surface area contributed by atoms with Crippen LogP contribution in [0.1, 0.15) is 11.4 Å². The van der Waals surface area contributed by atoms with Crippen molar-refractivity contribution in [1.29, 1.82) is 0 Å². The maximum Gasteiger partial charge on any atom is 0.266 e. The summed E-state index contributed by atoms with van der Waals surface area (Å²) >= 11 is 2.20. The minimum Gasteiger partial charge on any atom is -0.497 e. The van der Waals surface area contributed by atoms with Gasteiger partial charge in [0.05, 0.1) is 30.8 Å². The lowest BCUT2D eigenvalue weighted by molar-refractivity contribution is 0.414. The van der Waals surface area contributed by atoms with Crippen LogP contribution in [0.3, 0.4) is 0 Å². The highest BCUT2D eigenvalue weighted by Crippen LogP contribution is 2.21. The summed E-state index contributed by atoms with van der Waals surface area (Å²) in [5.41, 5.74) is 2.21. The van der Waals surface area contributed by atoms with Gasteiger partial charge >= 0.3 is 0 Å². The van der Waals surface area contributed by atoms with Crippen LogP contribution >= 0.6 is 22.6 Å². The lowest BCUT2D eigenvalue weighted by Gasteiger charge is -2.12. The number of ether oxygens (including phenoxy) is 2. The normalized spacial score (nSPS) is 11.2. The second-order valence-electron chi connectivity index (χ2n) is 6.58. The standard InChI is InChI=1S/C24H19IN2O3/c1-29-19-10-6-16(7-11-19)8-13-23-26-22-12-9-17(25)14-21(22)24(28)27(23)18-4-3-5-20(15-18)30-2/h3-15H,1-2H3/b13-8+. The Morgan fingerprint density at radius 1 is 0.900 bits per heavy atom. The van der Waals surface area contributed by atoms with Crippen molar-refractivity contribution in [2.75, 3.05) is 14.2 Å². The minimum absolute atomic E-state index is 0.124. The van der Waals surface area contributed by atoms with E-state index >= 15 is 0 Å². The van der Waals surface area contributed by atoms with E-state index in [2.05, 4.69) is 22.6 Å². The fraction of sp³-hybridized carbons (Fsp3) is 0.0833. The molecule has 0 amide bonds.